The van der Waals surface area contributed by atoms with E-state index in [0.29, 0.717) is 6.04 Å². The fourth-order valence-corrected chi connectivity index (χ4v) is 3.45. The minimum Gasteiger partial charge on any atom is -0.493 e. The van der Waals surface area contributed by atoms with E-state index in [1.54, 1.807) is 14.2 Å². The van der Waals surface area contributed by atoms with E-state index < -0.39 is 0 Å². The number of nitrogens with zero attached hydrogens (tertiary/aromatic N) is 3. The summed E-state index contributed by atoms with van der Waals surface area (Å²) in [7, 11) is 5.43. The second kappa shape index (κ2) is 11.1. The van der Waals surface area contributed by atoms with Crippen molar-refractivity contribution in [2.45, 2.75) is 52.1 Å². The standard InChI is InChI=1S/C22H38N4O2/c1-7-23-22(24-13-15-26(17(2)3)19-9-10-19)25(4)14-12-18-8-11-20(27-5)21(16-18)28-6/h8,11,16-17,19H,7,9-10,12-15H2,1-6H3,(H,23,24). The number of methoxy groups -OCH3 is 2. The Hall–Kier alpha value is -1.95. The molecule has 0 heterocycles. The lowest BCUT2D eigenvalue weighted by Gasteiger charge is -2.26. The number of rotatable bonds is 11. The summed E-state index contributed by atoms with van der Waals surface area (Å²) < 4.78 is 10.7. The Bertz CT molecular complexity index is 627. The smallest absolute Gasteiger partial charge is 0.193 e. The molecular formula is C22H38N4O2. The first-order valence-electron chi connectivity index (χ1n) is 10.5. The highest BCUT2D eigenvalue weighted by atomic mass is 16.5. The Morgan fingerprint density at radius 3 is 2.46 bits per heavy atom. The zero-order valence-electron chi connectivity index (χ0n) is 18.5. The van der Waals surface area contributed by atoms with E-state index in [1.165, 1.54) is 18.4 Å². The van der Waals surface area contributed by atoms with Gasteiger partial charge in [0.25, 0.3) is 0 Å². The number of ether oxygens (including phenoxy) is 2. The minimum absolute atomic E-state index is 0.591. The highest BCUT2D eigenvalue weighted by molar-refractivity contribution is 5.79. The summed E-state index contributed by atoms with van der Waals surface area (Å²) in [5.41, 5.74) is 1.22. The molecule has 2 rings (SSSR count). The van der Waals surface area contributed by atoms with Gasteiger partial charge in [-0.15, -0.1) is 0 Å². The van der Waals surface area contributed by atoms with Crippen LogP contribution in [-0.4, -0.2) is 75.3 Å². The molecule has 0 aromatic heterocycles. The zero-order chi connectivity index (χ0) is 20.5. The lowest BCUT2D eigenvalue weighted by Crippen LogP contribution is -2.41. The molecular weight excluding hydrogens is 352 g/mol. The SMILES string of the molecule is CCNC(=NCCN(C(C)C)C1CC1)N(C)CCc1ccc(OC)c(OC)c1. The van der Waals surface area contributed by atoms with Crippen molar-refractivity contribution in [2.75, 3.05) is 47.4 Å². The van der Waals surface area contributed by atoms with Crippen LogP contribution in [0.1, 0.15) is 39.2 Å². The number of guanidine groups is 1. The van der Waals surface area contributed by atoms with E-state index in [0.717, 1.165) is 56.1 Å². The Balaban J connectivity index is 1.91. The van der Waals surface area contributed by atoms with Crippen molar-refractivity contribution in [1.29, 1.82) is 0 Å². The second-order valence-corrected chi connectivity index (χ2v) is 7.66. The summed E-state index contributed by atoms with van der Waals surface area (Å²) in [6, 6.07) is 7.47. The van der Waals surface area contributed by atoms with Crippen molar-refractivity contribution in [3.05, 3.63) is 23.8 Å². The van der Waals surface area contributed by atoms with Gasteiger partial charge in [-0.25, -0.2) is 0 Å². The van der Waals surface area contributed by atoms with Crippen LogP contribution in [0.3, 0.4) is 0 Å². The summed E-state index contributed by atoms with van der Waals surface area (Å²) in [4.78, 5) is 9.65. The average Bonchev–Trinajstić information content (AvgIpc) is 3.52. The molecule has 1 fully saturated rings. The molecule has 1 aromatic carbocycles. The number of aliphatic imine (C=N–C) groups is 1. The van der Waals surface area contributed by atoms with Crippen molar-refractivity contribution >= 4 is 5.96 Å². The molecule has 28 heavy (non-hydrogen) atoms. The van der Waals surface area contributed by atoms with Crippen LogP contribution in [0, 0.1) is 0 Å². The van der Waals surface area contributed by atoms with Gasteiger partial charge in [0.15, 0.2) is 17.5 Å². The second-order valence-electron chi connectivity index (χ2n) is 7.66. The van der Waals surface area contributed by atoms with Crippen LogP contribution in [0.2, 0.25) is 0 Å². The van der Waals surface area contributed by atoms with E-state index in [9.17, 15) is 0 Å². The van der Waals surface area contributed by atoms with Crippen molar-refractivity contribution < 1.29 is 9.47 Å². The highest BCUT2D eigenvalue weighted by Gasteiger charge is 2.30. The maximum Gasteiger partial charge on any atom is 0.193 e. The summed E-state index contributed by atoms with van der Waals surface area (Å²) in [5.74, 6) is 2.51. The molecule has 6 nitrogen and oxygen atoms in total. The van der Waals surface area contributed by atoms with Crippen LogP contribution in [-0.2, 0) is 6.42 Å². The van der Waals surface area contributed by atoms with Crippen LogP contribution < -0.4 is 14.8 Å². The molecule has 1 aliphatic carbocycles. The largest absolute Gasteiger partial charge is 0.493 e. The highest BCUT2D eigenvalue weighted by Crippen LogP contribution is 2.28. The summed E-state index contributed by atoms with van der Waals surface area (Å²) in [6.45, 7) is 10.3. The first-order valence-corrected chi connectivity index (χ1v) is 10.5. The van der Waals surface area contributed by atoms with Crippen LogP contribution >= 0.6 is 0 Å². The fraction of sp³-hybridized carbons (Fsp3) is 0.682. The molecule has 0 unspecified atom stereocenters. The summed E-state index contributed by atoms with van der Waals surface area (Å²) in [5, 5.41) is 3.42. The van der Waals surface area contributed by atoms with E-state index in [4.69, 9.17) is 14.5 Å². The third-order valence-electron chi connectivity index (χ3n) is 5.18. The average molecular weight is 391 g/mol. The van der Waals surface area contributed by atoms with E-state index >= 15 is 0 Å². The van der Waals surface area contributed by atoms with Crippen molar-refractivity contribution in [3.63, 3.8) is 0 Å². The van der Waals surface area contributed by atoms with Crippen LogP contribution in [0.25, 0.3) is 0 Å². The molecule has 0 aliphatic heterocycles. The third-order valence-corrected chi connectivity index (χ3v) is 5.18. The van der Waals surface area contributed by atoms with Gasteiger partial charge in [-0.1, -0.05) is 6.07 Å². The van der Waals surface area contributed by atoms with Gasteiger partial charge in [-0.3, -0.25) is 9.89 Å². The predicted octanol–water partition coefficient (Wildman–Crippen LogP) is 3.02. The summed E-state index contributed by atoms with van der Waals surface area (Å²) in [6.07, 6.45) is 3.60. The maximum atomic E-state index is 5.41. The van der Waals surface area contributed by atoms with E-state index in [-0.39, 0.29) is 0 Å². The zero-order valence-corrected chi connectivity index (χ0v) is 18.5. The van der Waals surface area contributed by atoms with Gasteiger partial charge < -0.3 is 19.7 Å². The predicted molar refractivity (Wildman–Crippen MR) is 117 cm³/mol. The Morgan fingerprint density at radius 2 is 1.89 bits per heavy atom. The molecule has 0 spiro atoms. The van der Waals surface area contributed by atoms with Gasteiger partial charge >= 0.3 is 0 Å². The van der Waals surface area contributed by atoms with Crippen molar-refractivity contribution in [3.8, 4) is 11.5 Å². The fourth-order valence-electron chi connectivity index (χ4n) is 3.45. The normalized spacial score (nSPS) is 14.5. The monoisotopic (exact) mass is 390 g/mol. The number of nitrogens with one attached hydrogen (secondary N) is 1. The molecule has 1 N–H and O–H groups in total. The Labute approximate surface area is 170 Å². The summed E-state index contributed by atoms with van der Waals surface area (Å²) >= 11 is 0. The lowest BCUT2D eigenvalue weighted by atomic mass is 10.1. The van der Waals surface area contributed by atoms with Crippen LogP contribution in [0.5, 0.6) is 11.5 Å². The van der Waals surface area contributed by atoms with Gasteiger partial charge in [0.2, 0.25) is 0 Å². The van der Waals surface area contributed by atoms with Gasteiger partial charge in [-0.05, 0) is 57.7 Å². The van der Waals surface area contributed by atoms with Crippen molar-refractivity contribution in [1.82, 2.24) is 15.1 Å². The molecule has 1 saturated carbocycles. The first kappa shape index (κ1) is 22.3. The van der Waals surface area contributed by atoms with Gasteiger partial charge in [-0.2, -0.15) is 0 Å². The number of likely N-dealkylation sites (N-methyl/N-ethyl adjacent to an activating group) is 1. The molecule has 158 valence electrons. The van der Waals surface area contributed by atoms with Gasteiger partial charge in [0.05, 0.1) is 20.8 Å². The topological polar surface area (TPSA) is 49.3 Å². The minimum atomic E-state index is 0.591. The molecule has 6 heteroatoms. The molecule has 1 aliphatic rings. The molecule has 0 saturated heterocycles. The molecule has 0 bridgehead atoms. The number of hydrogen-bond donors (Lipinski definition) is 1. The van der Waals surface area contributed by atoms with Crippen molar-refractivity contribution in [2.24, 2.45) is 4.99 Å². The van der Waals surface area contributed by atoms with Gasteiger partial charge in [0, 0.05) is 38.8 Å². The number of benzene rings is 1. The lowest BCUT2D eigenvalue weighted by molar-refractivity contribution is 0.217. The molecule has 0 atom stereocenters. The van der Waals surface area contributed by atoms with Gasteiger partial charge in [0.1, 0.15) is 0 Å². The maximum absolute atomic E-state index is 5.41. The molecule has 0 radical (unpaired) electrons. The number of hydrogen-bond acceptors (Lipinski definition) is 4. The van der Waals surface area contributed by atoms with E-state index in [1.807, 2.05) is 12.1 Å². The van der Waals surface area contributed by atoms with Crippen LogP contribution in [0.15, 0.2) is 23.2 Å². The molecule has 0 amide bonds. The Morgan fingerprint density at radius 1 is 1.18 bits per heavy atom. The third kappa shape index (κ3) is 6.59. The molecule has 1 aromatic rings. The van der Waals surface area contributed by atoms with Crippen LogP contribution in [0.4, 0.5) is 0 Å². The van der Waals surface area contributed by atoms with E-state index in [2.05, 4.69) is 49.0 Å². The first-order chi connectivity index (χ1) is 13.5. The Kier molecular flexibility index (Phi) is 8.90. The quantitative estimate of drug-likeness (QED) is 0.465.